The monoisotopic (exact) mass is 192 g/mol. The van der Waals surface area contributed by atoms with Crippen LogP contribution >= 0.6 is 34.3 Å². The Labute approximate surface area is 68.6 Å². The topological polar surface area (TPSA) is 0 Å². The highest BCUT2D eigenvalue weighted by Gasteiger charge is 2.01. The minimum atomic E-state index is -0.204. The van der Waals surface area contributed by atoms with Gasteiger partial charge in [-0.1, -0.05) is 13.8 Å². The molecule has 0 saturated carbocycles. The van der Waals surface area contributed by atoms with Crippen molar-refractivity contribution in [2.24, 2.45) is 5.92 Å². The second kappa shape index (κ2) is 8.09. The lowest BCUT2D eigenvalue weighted by Gasteiger charge is -2.00. The molecule has 0 aromatic rings. The van der Waals surface area contributed by atoms with Gasteiger partial charge in [-0.25, -0.2) is 0 Å². The molecule has 0 aliphatic rings. The van der Waals surface area contributed by atoms with E-state index in [2.05, 4.69) is 0 Å². The second-order valence-electron chi connectivity index (χ2n) is 1.58. The van der Waals surface area contributed by atoms with Gasteiger partial charge in [0.1, 0.15) is 14.4 Å². The van der Waals surface area contributed by atoms with Crippen LogP contribution in [0.5, 0.6) is 0 Å². The van der Waals surface area contributed by atoms with Crippen LogP contribution in [-0.2, 0) is 0 Å². The van der Waals surface area contributed by atoms with Gasteiger partial charge in [0, 0.05) is 0 Å². The van der Waals surface area contributed by atoms with E-state index in [9.17, 15) is 0 Å². The van der Waals surface area contributed by atoms with Crippen LogP contribution < -0.4 is 0 Å². The minimum Gasteiger partial charge on any atom is -0.181 e. The lowest BCUT2D eigenvalue weighted by Crippen LogP contribution is -1.96. The molecular weight excluding hydrogens is 182 g/mol. The summed E-state index contributed by atoms with van der Waals surface area (Å²) in [5.74, 6) is 0.383. The maximum Gasteiger partial charge on any atom is 0.110 e. The first-order valence-electron chi connectivity index (χ1n) is 2.30. The molecule has 52 valence electrons. The van der Waals surface area contributed by atoms with Gasteiger partial charge in [0.2, 0.25) is 0 Å². The number of rotatable bonds is 1. The molecule has 0 rings (SSSR count). The number of halogens is 3. The van der Waals surface area contributed by atoms with Crippen molar-refractivity contribution >= 4 is 43.8 Å². The van der Waals surface area contributed by atoms with Crippen molar-refractivity contribution in [1.29, 1.82) is 0 Å². The van der Waals surface area contributed by atoms with Crippen LogP contribution in [0.25, 0.3) is 0 Å². The average Bonchev–Trinajstić information content (AvgIpc) is 1.72. The van der Waals surface area contributed by atoms with E-state index in [-0.39, 0.29) is 4.84 Å². The van der Waals surface area contributed by atoms with Crippen molar-refractivity contribution in [2.45, 2.75) is 18.7 Å². The summed E-state index contributed by atoms with van der Waals surface area (Å²) in [7, 11) is 0.778. The summed E-state index contributed by atoms with van der Waals surface area (Å²) in [5, 5.41) is 0. The molecule has 0 aliphatic heterocycles. The van der Waals surface area contributed by atoms with Gasteiger partial charge in [-0.15, -0.1) is 23.2 Å². The summed E-state index contributed by atoms with van der Waals surface area (Å²) in [4.78, 5) is -0.204. The van der Waals surface area contributed by atoms with Gasteiger partial charge in [0.25, 0.3) is 0 Å². The Bertz CT molecular complexity index is 32.3. The first kappa shape index (κ1) is 11.8. The molecule has 0 unspecified atom stereocenters. The molecule has 0 bridgehead atoms. The van der Waals surface area contributed by atoms with Crippen molar-refractivity contribution in [3.63, 3.8) is 0 Å². The van der Waals surface area contributed by atoms with Crippen LogP contribution in [0.2, 0.25) is 0 Å². The van der Waals surface area contributed by atoms with E-state index >= 15 is 0 Å². The maximum absolute atomic E-state index is 5.38. The molecule has 0 fully saturated rings. The third kappa shape index (κ3) is 10.1. The van der Waals surface area contributed by atoms with Gasteiger partial charge in [-0.2, -0.15) is 11.1 Å². The molecular formula is C4H11Cl3Si. The fraction of sp³-hybridized carbons (Fsp3) is 1.00. The summed E-state index contributed by atoms with van der Waals surface area (Å²) in [6, 6.07) is 0. The Hall–Kier alpha value is 1.09. The van der Waals surface area contributed by atoms with Crippen LogP contribution in [0.1, 0.15) is 13.8 Å². The zero-order valence-electron chi connectivity index (χ0n) is 5.29. The Balaban J connectivity index is 0. The average molecular weight is 194 g/mol. The van der Waals surface area contributed by atoms with Crippen LogP contribution in [0.4, 0.5) is 0 Å². The van der Waals surface area contributed by atoms with Gasteiger partial charge in [-0.3, -0.25) is 0 Å². The van der Waals surface area contributed by atoms with E-state index in [1.54, 1.807) is 0 Å². The molecule has 0 atom stereocenters. The zero-order valence-corrected chi connectivity index (χ0v) is 9.56. The maximum atomic E-state index is 5.38. The first-order valence-corrected chi connectivity index (χ1v) is 6.20. The minimum absolute atomic E-state index is 0.204. The molecule has 4 heteroatoms. The number of alkyl halides is 2. The highest BCUT2D eigenvalue weighted by atomic mass is 35.6. The summed E-state index contributed by atoms with van der Waals surface area (Å²) < 4.78 is 0. The lowest BCUT2D eigenvalue weighted by atomic mass is 10.3. The molecule has 0 heterocycles. The third-order valence-electron chi connectivity index (χ3n) is 0.504. The number of hydrogen-bond donors (Lipinski definition) is 0. The van der Waals surface area contributed by atoms with E-state index in [1.165, 1.54) is 0 Å². The van der Waals surface area contributed by atoms with Gasteiger partial charge < -0.3 is 0 Å². The fourth-order valence-corrected chi connectivity index (χ4v) is 0. The molecule has 0 nitrogen and oxygen atoms in total. The molecule has 0 amide bonds. The quantitative estimate of drug-likeness (QED) is 0.339. The van der Waals surface area contributed by atoms with E-state index in [1.807, 2.05) is 13.8 Å². The summed E-state index contributed by atoms with van der Waals surface area (Å²) in [6.07, 6.45) is 0. The molecule has 0 aliphatic carbocycles. The van der Waals surface area contributed by atoms with Crippen molar-refractivity contribution in [1.82, 2.24) is 0 Å². The molecule has 0 aromatic heterocycles. The summed E-state index contributed by atoms with van der Waals surface area (Å²) >= 11 is 15.5. The standard InChI is InChI=1S/C4H8Cl2.ClH3Si/c1-3(2)4(5)6;1-2/h3-4H,1-2H3;2H3. The van der Waals surface area contributed by atoms with Gasteiger partial charge in [0.15, 0.2) is 0 Å². The molecule has 0 saturated heterocycles. The first-order chi connectivity index (χ1) is 3.64. The predicted molar refractivity (Wildman–Crippen MR) is 46.1 cm³/mol. The van der Waals surface area contributed by atoms with E-state index < -0.39 is 0 Å². The van der Waals surface area contributed by atoms with Crippen molar-refractivity contribution < 1.29 is 0 Å². The van der Waals surface area contributed by atoms with Crippen molar-refractivity contribution in [3.8, 4) is 0 Å². The highest BCUT2D eigenvalue weighted by molar-refractivity contribution is 6.80. The summed E-state index contributed by atoms with van der Waals surface area (Å²) in [6.45, 7) is 3.95. The summed E-state index contributed by atoms with van der Waals surface area (Å²) in [5.41, 5.74) is 0. The zero-order chi connectivity index (χ0) is 7.15. The Morgan fingerprint density at radius 1 is 1.12 bits per heavy atom. The molecule has 0 spiro atoms. The van der Waals surface area contributed by atoms with E-state index in [0.29, 0.717) is 5.92 Å². The predicted octanol–water partition coefficient (Wildman–Crippen LogP) is 1.95. The molecule has 0 N–H and O–H groups in total. The van der Waals surface area contributed by atoms with Crippen LogP contribution in [0, 0.1) is 5.92 Å². The van der Waals surface area contributed by atoms with E-state index in [4.69, 9.17) is 34.3 Å². The molecule has 0 radical (unpaired) electrons. The molecule has 8 heavy (non-hydrogen) atoms. The second-order valence-corrected chi connectivity index (χ2v) is 2.74. The normalized spacial score (nSPS) is 9.38. The van der Waals surface area contributed by atoms with Crippen molar-refractivity contribution in [2.75, 3.05) is 0 Å². The van der Waals surface area contributed by atoms with Crippen LogP contribution in [-0.4, -0.2) is 14.4 Å². The largest absolute Gasteiger partial charge is 0.181 e. The third-order valence-corrected chi connectivity index (χ3v) is 1.51. The van der Waals surface area contributed by atoms with E-state index in [0.717, 1.165) is 9.55 Å². The van der Waals surface area contributed by atoms with Gasteiger partial charge in [-0.05, 0) is 5.92 Å². The highest BCUT2D eigenvalue weighted by Crippen LogP contribution is 2.12. The SMILES string of the molecule is CC(C)C(Cl)Cl.[SiH3]Cl. The van der Waals surface area contributed by atoms with Crippen LogP contribution in [0.3, 0.4) is 0 Å². The Morgan fingerprint density at radius 3 is 1.25 bits per heavy atom. The molecule has 0 aromatic carbocycles. The smallest absolute Gasteiger partial charge is 0.110 e. The van der Waals surface area contributed by atoms with Crippen LogP contribution in [0.15, 0.2) is 0 Å². The van der Waals surface area contributed by atoms with Gasteiger partial charge in [0.05, 0.1) is 0 Å². The fourth-order valence-electron chi connectivity index (χ4n) is 0. The Kier molecular flexibility index (Phi) is 12.0. The van der Waals surface area contributed by atoms with Crippen molar-refractivity contribution in [3.05, 3.63) is 0 Å². The van der Waals surface area contributed by atoms with Gasteiger partial charge >= 0.3 is 0 Å². The number of hydrogen-bond acceptors (Lipinski definition) is 0. The lowest BCUT2D eigenvalue weighted by molar-refractivity contribution is 0.708. The Morgan fingerprint density at radius 2 is 1.25 bits per heavy atom.